The highest BCUT2D eigenvalue weighted by molar-refractivity contribution is 7.99. The molecule has 1 amide bonds. The molecule has 1 saturated carbocycles. The quantitative estimate of drug-likeness (QED) is 0.376. The summed E-state index contributed by atoms with van der Waals surface area (Å²) in [7, 11) is 0. The first-order chi connectivity index (χ1) is 15.2. The molecule has 2 heterocycles. The van der Waals surface area contributed by atoms with E-state index in [4.69, 9.17) is 0 Å². The molecule has 1 unspecified atom stereocenters. The van der Waals surface area contributed by atoms with Crippen LogP contribution in [0.15, 0.2) is 46.9 Å². The van der Waals surface area contributed by atoms with Crippen LogP contribution in [0.1, 0.15) is 19.8 Å². The summed E-state index contributed by atoms with van der Waals surface area (Å²) in [6.07, 6.45) is -1.24. The van der Waals surface area contributed by atoms with Crippen molar-refractivity contribution in [3.8, 4) is 0 Å². The summed E-state index contributed by atoms with van der Waals surface area (Å²) in [6.45, 7) is 4.28. The third kappa shape index (κ3) is 4.38. The highest BCUT2D eigenvalue weighted by Crippen LogP contribution is 2.36. The summed E-state index contributed by atoms with van der Waals surface area (Å²) >= 11 is 1.01. The van der Waals surface area contributed by atoms with Crippen molar-refractivity contribution >= 4 is 34.3 Å². The number of rotatable bonds is 8. The van der Waals surface area contributed by atoms with Crippen molar-refractivity contribution in [2.75, 3.05) is 12.3 Å². The van der Waals surface area contributed by atoms with Crippen molar-refractivity contribution in [1.29, 1.82) is 0 Å². The number of aromatic nitrogens is 4. The fourth-order valence-corrected chi connectivity index (χ4v) is 4.64. The minimum Gasteiger partial charge on any atom is -0.330 e. The summed E-state index contributed by atoms with van der Waals surface area (Å²) in [4.78, 5) is 26.5. The molecular weight excluding hydrogens is 443 g/mol. The van der Waals surface area contributed by atoms with Gasteiger partial charge in [0.25, 0.3) is 5.56 Å². The van der Waals surface area contributed by atoms with E-state index in [2.05, 4.69) is 16.8 Å². The lowest BCUT2D eigenvalue weighted by molar-refractivity contribution is -0.164. The van der Waals surface area contributed by atoms with Crippen LogP contribution in [-0.4, -0.2) is 54.5 Å². The Morgan fingerprint density at radius 3 is 2.72 bits per heavy atom. The van der Waals surface area contributed by atoms with Gasteiger partial charge in [-0.05, 0) is 37.8 Å². The first-order valence-electron chi connectivity index (χ1n) is 10.2. The average Bonchev–Trinajstić information content (AvgIpc) is 3.52. The highest BCUT2D eigenvalue weighted by atomic mass is 32.2. The fourth-order valence-electron chi connectivity index (χ4n) is 3.82. The Labute approximate surface area is 185 Å². The van der Waals surface area contributed by atoms with E-state index in [1.165, 1.54) is 4.57 Å². The molecule has 3 aromatic rings. The largest absolute Gasteiger partial charge is 0.406 e. The van der Waals surface area contributed by atoms with Crippen molar-refractivity contribution in [3.05, 3.63) is 47.3 Å². The lowest BCUT2D eigenvalue weighted by Gasteiger charge is -2.30. The van der Waals surface area contributed by atoms with E-state index in [1.807, 2.05) is 0 Å². The van der Waals surface area contributed by atoms with Gasteiger partial charge in [0.2, 0.25) is 11.7 Å². The molecule has 0 radical (unpaired) electrons. The summed E-state index contributed by atoms with van der Waals surface area (Å²) in [6, 6.07) is 6.45. The second-order valence-corrected chi connectivity index (χ2v) is 8.79. The van der Waals surface area contributed by atoms with Crippen LogP contribution < -0.4 is 5.56 Å². The molecule has 0 saturated heterocycles. The Balaban J connectivity index is 1.66. The normalized spacial score (nSPS) is 15.2. The number of carbonyl (C=O) groups excluding carboxylic acids is 1. The lowest BCUT2D eigenvalue weighted by Crippen LogP contribution is -2.46. The highest BCUT2D eigenvalue weighted by Gasteiger charge is 2.40. The summed E-state index contributed by atoms with van der Waals surface area (Å²) in [5.74, 6) is -0.435. The number of halogens is 3. The number of para-hydroxylation sites is 1. The second kappa shape index (κ2) is 8.61. The number of hydrogen-bond acceptors (Lipinski definition) is 5. The van der Waals surface area contributed by atoms with Gasteiger partial charge in [-0.25, -0.2) is 0 Å². The first kappa shape index (κ1) is 22.4. The van der Waals surface area contributed by atoms with E-state index in [1.54, 1.807) is 41.7 Å². The Morgan fingerprint density at radius 2 is 2.06 bits per heavy atom. The molecule has 11 heteroatoms. The predicted octanol–water partition coefficient (Wildman–Crippen LogP) is 3.51. The average molecular weight is 466 g/mol. The number of alkyl halides is 3. The van der Waals surface area contributed by atoms with Gasteiger partial charge in [-0.3, -0.25) is 18.6 Å². The molecule has 32 heavy (non-hydrogen) atoms. The van der Waals surface area contributed by atoms with Crippen molar-refractivity contribution in [3.63, 3.8) is 0 Å². The van der Waals surface area contributed by atoms with E-state index in [0.717, 1.165) is 29.5 Å². The zero-order valence-corrected chi connectivity index (χ0v) is 18.2. The van der Waals surface area contributed by atoms with Crippen LogP contribution in [0.4, 0.5) is 13.2 Å². The number of hydrogen-bond donors (Lipinski definition) is 0. The van der Waals surface area contributed by atoms with Crippen LogP contribution in [-0.2, 0) is 11.3 Å². The maximum absolute atomic E-state index is 13.1. The summed E-state index contributed by atoms with van der Waals surface area (Å²) in [5.41, 5.74) is 0.314. The molecule has 0 N–H and O–H groups in total. The van der Waals surface area contributed by atoms with E-state index in [-0.39, 0.29) is 29.6 Å². The smallest absolute Gasteiger partial charge is 0.330 e. The van der Waals surface area contributed by atoms with Crippen LogP contribution in [0.5, 0.6) is 0 Å². The third-order valence-electron chi connectivity index (χ3n) is 5.58. The molecule has 1 fully saturated rings. The number of allylic oxidation sites excluding steroid dienone is 1. The molecule has 0 spiro atoms. The summed E-state index contributed by atoms with van der Waals surface area (Å²) in [5, 5.41) is 8.99. The zero-order chi connectivity index (χ0) is 23.0. The molecule has 1 atom stereocenters. The maximum atomic E-state index is 13.1. The second-order valence-electron chi connectivity index (χ2n) is 7.84. The van der Waals surface area contributed by atoms with Gasteiger partial charge in [-0.15, -0.1) is 16.8 Å². The Kier molecular flexibility index (Phi) is 6.02. The maximum Gasteiger partial charge on any atom is 0.406 e. The van der Waals surface area contributed by atoms with E-state index in [9.17, 15) is 22.8 Å². The Hall–Kier alpha value is -2.82. The fraction of sp³-hybridized carbons (Fsp3) is 0.429. The van der Waals surface area contributed by atoms with Gasteiger partial charge in [0, 0.05) is 12.6 Å². The third-order valence-corrected chi connectivity index (χ3v) is 6.49. The summed E-state index contributed by atoms with van der Waals surface area (Å²) < 4.78 is 42.3. The van der Waals surface area contributed by atoms with Gasteiger partial charge in [-0.2, -0.15) is 13.2 Å². The number of nitrogens with zero attached hydrogens (tertiary/aromatic N) is 5. The number of amides is 1. The van der Waals surface area contributed by atoms with Crippen molar-refractivity contribution < 1.29 is 18.0 Å². The van der Waals surface area contributed by atoms with Crippen LogP contribution in [0, 0.1) is 5.92 Å². The molecule has 0 bridgehead atoms. The molecule has 1 aliphatic rings. The standard InChI is InChI=1S/C21H22F3N5O2S/c1-3-10-27-18(31)15-6-4-5-7-16(15)29-19(27)25-26-20(29)32-11-17(30)28(12-21(22,23)24)13(2)14-8-9-14/h3-7,13-14H,1,8-12H2,2H3. The van der Waals surface area contributed by atoms with Gasteiger partial charge in [0.05, 0.1) is 16.7 Å². The molecule has 1 aromatic carbocycles. The molecule has 1 aliphatic carbocycles. The topological polar surface area (TPSA) is 72.5 Å². The zero-order valence-electron chi connectivity index (χ0n) is 17.4. The van der Waals surface area contributed by atoms with E-state index < -0.39 is 24.7 Å². The number of fused-ring (bicyclic) bond motifs is 3. The van der Waals surface area contributed by atoms with Crippen molar-refractivity contribution in [1.82, 2.24) is 24.1 Å². The number of carbonyl (C=O) groups is 1. The lowest BCUT2D eigenvalue weighted by atomic mass is 10.2. The van der Waals surface area contributed by atoms with Crippen LogP contribution >= 0.6 is 11.8 Å². The van der Waals surface area contributed by atoms with Crippen molar-refractivity contribution in [2.24, 2.45) is 5.92 Å². The van der Waals surface area contributed by atoms with Gasteiger partial charge in [0.15, 0.2) is 5.16 Å². The monoisotopic (exact) mass is 465 g/mol. The minimum atomic E-state index is -4.47. The Bertz CT molecular complexity index is 1230. The van der Waals surface area contributed by atoms with E-state index >= 15 is 0 Å². The van der Waals surface area contributed by atoms with Gasteiger partial charge < -0.3 is 4.90 Å². The molecule has 7 nitrogen and oxygen atoms in total. The van der Waals surface area contributed by atoms with Crippen LogP contribution in [0.2, 0.25) is 0 Å². The molecule has 4 rings (SSSR count). The Morgan fingerprint density at radius 1 is 1.34 bits per heavy atom. The SMILES string of the molecule is C=CCn1c(=O)c2ccccc2n2c(SCC(=O)N(CC(F)(F)F)C(C)C3CC3)nnc12. The molecule has 2 aromatic heterocycles. The number of benzene rings is 1. The minimum absolute atomic E-state index is 0.109. The first-order valence-corrected chi connectivity index (χ1v) is 11.2. The molecular formula is C21H22F3N5O2S. The van der Waals surface area contributed by atoms with Gasteiger partial charge in [0.1, 0.15) is 6.54 Å². The van der Waals surface area contributed by atoms with Gasteiger partial charge in [-0.1, -0.05) is 30.0 Å². The predicted molar refractivity (Wildman–Crippen MR) is 116 cm³/mol. The molecule has 0 aliphatic heterocycles. The van der Waals surface area contributed by atoms with Crippen molar-refractivity contribution in [2.45, 2.75) is 43.7 Å². The van der Waals surface area contributed by atoms with E-state index in [0.29, 0.717) is 16.1 Å². The van der Waals surface area contributed by atoms with Crippen LogP contribution in [0.25, 0.3) is 16.7 Å². The molecule has 170 valence electrons. The van der Waals surface area contributed by atoms with Gasteiger partial charge >= 0.3 is 6.18 Å². The van der Waals surface area contributed by atoms with Crippen LogP contribution in [0.3, 0.4) is 0 Å². The number of thioether (sulfide) groups is 1.